The SMILES string of the molecule is Cc1nc(C2CC2)oc1C(=O)N1CCOC[C@H]1CC(=O)O. The summed E-state index contributed by atoms with van der Waals surface area (Å²) in [4.78, 5) is 29.4. The fourth-order valence-electron chi connectivity index (χ4n) is 2.54. The highest BCUT2D eigenvalue weighted by Crippen LogP contribution is 2.40. The van der Waals surface area contributed by atoms with Crippen LogP contribution in [0.25, 0.3) is 0 Å². The third-order valence-corrected chi connectivity index (χ3v) is 3.83. The number of carbonyl (C=O) groups excluding carboxylic acids is 1. The Kier molecular flexibility index (Phi) is 3.67. The topological polar surface area (TPSA) is 92.9 Å². The maximum atomic E-state index is 12.6. The van der Waals surface area contributed by atoms with Crippen molar-refractivity contribution >= 4 is 11.9 Å². The molecule has 2 heterocycles. The first kappa shape index (κ1) is 14.1. The number of aromatic nitrogens is 1. The fraction of sp³-hybridized carbons (Fsp3) is 0.643. The van der Waals surface area contributed by atoms with Crippen LogP contribution in [-0.4, -0.2) is 52.7 Å². The molecule has 1 aromatic rings. The molecule has 3 rings (SSSR count). The van der Waals surface area contributed by atoms with E-state index < -0.39 is 12.0 Å². The van der Waals surface area contributed by atoms with Crippen LogP contribution in [0.3, 0.4) is 0 Å². The van der Waals surface area contributed by atoms with Crippen LogP contribution in [0.5, 0.6) is 0 Å². The highest BCUT2D eigenvalue weighted by molar-refractivity contribution is 5.93. The van der Waals surface area contributed by atoms with Crippen molar-refractivity contribution in [3.05, 3.63) is 17.3 Å². The third kappa shape index (κ3) is 2.92. The Morgan fingerprint density at radius 2 is 2.19 bits per heavy atom. The minimum atomic E-state index is -0.948. The molecule has 1 atom stereocenters. The van der Waals surface area contributed by atoms with E-state index in [-0.39, 0.29) is 24.7 Å². The summed E-state index contributed by atoms with van der Waals surface area (Å²) >= 11 is 0. The summed E-state index contributed by atoms with van der Waals surface area (Å²) in [6, 6.07) is -0.461. The molecule has 114 valence electrons. The van der Waals surface area contributed by atoms with Crippen LogP contribution in [-0.2, 0) is 9.53 Å². The van der Waals surface area contributed by atoms with Gasteiger partial charge in [0.25, 0.3) is 5.91 Å². The number of rotatable bonds is 4. The molecule has 21 heavy (non-hydrogen) atoms. The lowest BCUT2D eigenvalue weighted by Gasteiger charge is -2.34. The zero-order valence-corrected chi connectivity index (χ0v) is 11.9. The average Bonchev–Trinajstić information content (AvgIpc) is 3.21. The molecule has 7 nitrogen and oxygen atoms in total. The summed E-state index contributed by atoms with van der Waals surface area (Å²) in [6.45, 7) is 2.76. The monoisotopic (exact) mass is 294 g/mol. The second-order valence-electron chi connectivity index (χ2n) is 5.57. The Bertz CT molecular complexity index is 564. The first-order valence-corrected chi connectivity index (χ1v) is 7.14. The normalized spacial score (nSPS) is 22.3. The van der Waals surface area contributed by atoms with E-state index in [4.69, 9.17) is 14.3 Å². The largest absolute Gasteiger partial charge is 0.481 e. The van der Waals surface area contributed by atoms with Gasteiger partial charge in [-0.3, -0.25) is 9.59 Å². The van der Waals surface area contributed by atoms with E-state index in [0.717, 1.165) is 12.8 Å². The molecule has 0 aromatic carbocycles. The second kappa shape index (κ2) is 5.48. The number of carboxylic acid groups (broad SMARTS) is 1. The van der Waals surface area contributed by atoms with Gasteiger partial charge >= 0.3 is 5.97 Å². The molecule has 0 spiro atoms. The third-order valence-electron chi connectivity index (χ3n) is 3.83. The van der Waals surface area contributed by atoms with Crippen molar-refractivity contribution in [1.82, 2.24) is 9.88 Å². The molecule has 7 heteroatoms. The van der Waals surface area contributed by atoms with Crippen LogP contribution in [0.15, 0.2) is 4.42 Å². The quantitative estimate of drug-likeness (QED) is 0.896. The van der Waals surface area contributed by atoms with Crippen molar-refractivity contribution < 1.29 is 23.8 Å². The Morgan fingerprint density at radius 3 is 2.86 bits per heavy atom. The van der Waals surface area contributed by atoms with Gasteiger partial charge in [-0.2, -0.15) is 0 Å². The van der Waals surface area contributed by atoms with Gasteiger partial charge in [0.2, 0.25) is 5.76 Å². The molecule has 0 unspecified atom stereocenters. The highest BCUT2D eigenvalue weighted by Gasteiger charge is 2.35. The van der Waals surface area contributed by atoms with Gasteiger partial charge in [-0.05, 0) is 19.8 Å². The summed E-state index contributed by atoms with van der Waals surface area (Å²) in [5.41, 5.74) is 0.572. The first-order valence-electron chi connectivity index (χ1n) is 7.14. The van der Waals surface area contributed by atoms with Gasteiger partial charge < -0.3 is 19.2 Å². The maximum Gasteiger partial charge on any atom is 0.305 e. The number of hydrogen-bond donors (Lipinski definition) is 1. The van der Waals surface area contributed by atoms with Gasteiger partial charge in [0.1, 0.15) is 0 Å². The summed E-state index contributed by atoms with van der Waals surface area (Å²) in [6.07, 6.45) is 1.97. The van der Waals surface area contributed by atoms with Crippen LogP contribution in [0.4, 0.5) is 0 Å². The van der Waals surface area contributed by atoms with Gasteiger partial charge in [-0.1, -0.05) is 0 Å². The highest BCUT2D eigenvalue weighted by atomic mass is 16.5. The number of aryl methyl sites for hydroxylation is 1. The summed E-state index contributed by atoms with van der Waals surface area (Å²) in [5, 5.41) is 8.95. The number of hydrogen-bond acceptors (Lipinski definition) is 5. The summed E-state index contributed by atoms with van der Waals surface area (Å²) in [7, 11) is 0. The number of carboxylic acids is 1. The fourth-order valence-corrected chi connectivity index (χ4v) is 2.54. The molecule has 1 saturated carbocycles. The summed E-state index contributed by atoms with van der Waals surface area (Å²) < 4.78 is 10.9. The van der Waals surface area contributed by atoms with Crippen LogP contribution in [0.1, 0.15) is 47.3 Å². The number of aliphatic carboxylic acids is 1. The predicted octanol–water partition coefficient (Wildman–Crippen LogP) is 1.18. The Morgan fingerprint density at radius 1 is 1.43 bits per heavy atom. The molecule has 1 aromatic heterocycles. The van der Waals surface area contributed by atoms with E-state index in [1.54, 1.807) is 6.92 Å². The minimum Gasteiger partial charge on any atom is -0.481 e. The molecule has 2 fully saturated rings. The zero-order valence-electron chi connectivity index (χ0n) is 11.9. The van der Waals surface area contributed by atoms with Crippen LogP contribution in [0.2, 0.25) is 0 Å². The second-order valence-corrected chi connectivity index (χ2v) is 5.57. The van der Waals surface area contributed by atoms with Crippen LogP contribution in [0, 0.1) is 6.92 Å². The lowest BCUT2D eigenvalue weighted by atomic mass is 10.1. The van der Waals surface area contributed by atoms with Crippen molar-refractivity contribution in [2.45, 2.75) is 38.1 Å². The van der Waals surface area contributed by atoms with E-state index in [1.807, 2.05) is 0 Å². The van der Waals surface area contributed by atoms with E-state index in [2.05, 4.69) is 4.98 Å². The first-order chi connectivity index (χ1) is 10.1. The number of morpholine rings is 1. The molecule has 1 aliphatic carbocycles. The smallest absolute Gasteiger partial charge is 0.305 e. The van der Waals surface area contributed by atoms with Gasteiger partial charge in [-0.15, -0.1) is 0 Å². The Hall–Kier alpha value is -1.89. The molecule has 1 N–H and O–H groups in total. The number of carbonyl (C=O) groups is 2. The zero-order chi connectivity index (χ0) is 15.0. The number of ether oxygens (including phenoxy) is 1. The van der Waals surface area contributed by atoms with Crippen molar-refractivity contribution in [2.75, 3.05) is 19.8 Å². The Labute approximate surface area is 121 Å². The predicted molar refractivity (Wildman–Crippen MR) is 71.1 cm³/mol. The molecule has 1 amide bonds. The number of amides is 1. The average molecular weight is 294 g/mol. The van der Waals surface area contributed by atoms with Gasteiger partial charge in [0, 0.05) is 12.5 Å². The van der Waals surface area contributed by atoms with Gasteiger partial charge in [0.15, 0.2) is 5.89 Å². The van der Waals surface area contributed by atoms with E-state index in [1.165, 1.54) is 4.90 Å². The van der Waals surface area contributed by atoms with Crippen molar-refractivity contribution in [3.63, 3.8) is 0 Å². The van der Waals surface area contributed by atoms with Crippen molar-refractivity contribution in [3.8, 4) is 0 Å². The van der Waals surface area contributed by atoms with E-state index >= 15 is 0 Å². The lowest BCUT2D eigenvalue weighted by molar-refractivity contribution is -0.139. The molecular formula is C14H18N2O5. The molecule has 1 saturated heterocycles. The number of nitrogens with zero attached hydrogens (tertiary/aromatic N) is 2. The maximum absolute atomic E-state index is 12.6. The lowest BCUT2D eigenvalue weighted by Crippen LogP contribution is -2.49. The number of oxazole rings is 1. The summed E-state index contributed by atoms with van der Waals surface area (Å²) in [5.74, 6) is -0.0458. The van der Waals surface area contributed by atoms with Crippen LogP contribution < -0.4 is 0 Å². The van der Waals surface area contributed by atoms with Crippen molar-refractivity contribution in [1.29, 1.82) is 0 Å². The standard InChI is InChI=1S/C14H18N2O5/c1-8-12(21-13(15-8)9-2-3-9)14(19)16-4-5-20-7-10(16)6-11(17)18/h9-10H,2-7H2,1H3,(H,17,18)/t10-/m1/s1. The van der Waals surface area contributed by atoms with E-state index in [9.17, 15) is 9.59 Å². The van der Waals surface area contributed by atoms with Gasteiger partial charge in [-0.25, -0.2) is 4.98 Å². The van der Waals surface area contributed by atoms with Gasteiger partial charge in [0.05, 0.1) is 31.4 Å². The molecule has 2 aliphatic rings. The van der Waals surface area contributed by atoms with Crippen molar-refractivity contribution in [2.24, 2.45) is 0 Å². The molecular weight excluding hydrogens is 276 g/mol. The molecule has 1 aliphatic heterocycles. The molecule has 0 radical (unpaired) electrons. The Balaban J connectivity index is 1.80. The molecule has 0 bridgehead atoms. The van der Waals surface area contributed by atoms with Crippen LogP contribution >= 0.6 is 0 Å². The minimum absolute atomic E-state index is 0.131. The van der Waals surface area contributed by atoms with E-state index in [0.29, 0.717) is 30.7 Å².